The van der Waals surface area contributed by atoms with Crippen LogP contribution in [0.4, 0.5) is 10.5 Å². The second-order valence-electron chi connectivity index (χ2n) is 6.32. The Hall–Kier alpha value is -2.77. The van der Waals surface area contributed by atoms with Gasteiger partial charge in [0.25, 0.3) is 0 Å². The van der Waals surface area contributed by atoms with Crippen LogP contribution >= 0.6 is 0 Å². The quantitative estimate of drug-likeness (QED) is 0.474. The van der Waals surface area contributed by atoms with E-state index in [1.54, 1.807) is 20.8 Å². The van der Waals surface area contributed by atoms with E-state index in [4.69, 9.17) is 10.5 Å². The molecule has 0 aliphatic rings. The molecular weight excluding hydrogens is 352 g/mol. The molecule has 27 heavy (non-hydrogen) atoms. The van der Waals surface area contributed by atoms with Gasteiger partial charge in [-0.1, -0.05) is 13.8 Å². The Kier molecular flexibility index (Phi) is 9.92. The zero-order chi connectivity index (χ0) is 21.2. The lowest BCUT2D eigenvalue weighted by Crippen LogP contribution is -2.39. The van der Waals surface area contributed by atoms with Crippen molar-refractivity contribution in [3.63, 3.8) is 0 Å². The van der Waals surface area contributed by atoms with Crippen LogP contribution in [0.1, 0.15) is 50.5 Å². The fourth-order valence-corrected chi connectivity index (χ4v) is 1.92. The molecule has 0 atom stereocenters. The van der Waals surface area contributed by atoms with E-state index in [1.165, 1.54) is 32.4 Å². The topological polar surface area (TPSA) is 108 Å². The molecular formula is C19H30N2O6. The summed E-state index contributed by atoms with van der Waals surface area (Å²) in [6, 6.07) is 4.56. The molecule has 0 aromatic heterocycles. The Morgan fingerprint density at radius 2 is 1.67 bits per heavy atom. The normalized spacial score (nSPS) is 10.2. The molecule has 0 radical (unpaired) electrons. The second-order valence-corrected chi connectivity index (χ2v) is 6.32. The Morgan fingerprint density at radius 3 is 2.15 bits per heavy atom. The molecule has 8 nitrogen and oxygen atoms in total. The summed E-state index contributed by atoms with van der Waals surface area (Å²) in [5, 5.41) is 0. The van der Waals surface area contributed by atoms with Gasteiger partial charge in [-0.25, -0.2) is 9.59 Å². The number of esters is 2. The Morgan fingerprint density at radius 1 is 1.07 bits per heavy atom. The number of benzene rings is 1. The summed E-state index contributed by atoms with van der Waals surface area (Å²) in [6.07, 6.45) is -0.694. The van der Waals surface area contributed by atoms with E-state index in [0.717, 1.165) is 4.90 Å². The predicted octanol–water partition coefficient (Wildman–Crippen LogP) is 2.99. The van der Waals surface area contributed by atoms with Crippen LogP contribution in [0.5, 0.6) is 0 Å². The van der Waals surface area contributed by atoms with Crippen molar-refractivity contribution in [2.24, 2.45) is 0 Å². The zero-order valence-corrected chi connectivity index (χ0v) is 17.1. The number of carbonyl (C=O) groups is 3. The van der Waals surface area contributed by atoms with Crippen LogP contribution in [0.25, 0.3) is 0 Å². The van der Waals surface area contributed by atoms with Crippen LogP contribution in [-0.2, 0) is 25.5 Å². The third-order valence-corrected chi connectivity index (χ3v) is 3.12. The number of carbonyl (C=O) groups excluding carboxylic acids is 3. The zero-order valence-electron chi connectivity index (χ0n) is 17.1. The number of hydrogen-bond donors (Lipinski definition) is 1. The van der Waals surface area contributed by atoms with E-state index in [0.29, 0.717) is 11.3 Å². The highest BCUT2D eigenvalue weighted by Gasteiger charge is 2.25. The summed E-state index contributed by atoms with van der Waals surface area (Å²) in [5.74, 6) is -1.13. The molecule has 1 rings (SSSR count). The van der Waals surface area contributed by atoms with E-state index in [9.17, 15) is 14.4 Å². The fourth-order valence-electron chi connectivity index (χ4n) is 1.92. The lowest BCUT2D eigenvalue weighted by molar-refractivity contribution is -0.142. The summed E-state index contributed by atoms with van der Waals surface area (Å²) in [6.45, 7) is 8.81. The van der Waals surface area contributed by atoms with Crippen molar-refractivity contribution >= 4 is 23.7 Å². The summed E-state index contributed by atoms with van der Waals surface area (Å²) in [7, 11) is 2.49. The van der Waals surface area contributed by atoms with Crippen LogP contribution in [0.2, 0.25) is 0 Å². The molecule has 1 amide bonds. The molecule has 0 fully saturated rings. The molecule has 0 bridgehead atoms. The van der Waals surface area contributed by atoms with E-state index in [-0.39, 0.29) is 18.7 Å². The van der Waals surface area contributed by atoms with Gasteiger partial charge in [-0.3, -0.25) is 9.69 Å². The molecule has 1 aromatic carbocycles. The third kappa shape index (κ3) is 8.44. The SMILES string of the molecule is CC.COC(=O)CN(Cc1cc(C(=O)OC)ccc1N)C(=O)OC(C)(C)C. The Bertz CT molecular complexity index is 652. The van der Waals surface area contributed by atoms with E-state index in [1.807, 2.05) is 13.8 Å². The number of amides is 1. The number of nitrogen functional groups attached to an aromatic ring is 1. The maximum atomic E-state index is 12.4. The van der Waals surface area contributed by atoms with Gasteiger partial charge in [0, 0.05) is 5.69 Å². The highest BCUT2D eigenvalue weighted by atomic mass is 16.6. The van der Waals surface area contributed by atoms with Crippen molar-refractivity contribution in [2.75, 3.05) is 26.5 Å². The molecule has 8 heteroatoms. The maximum Gasteiger partial charge on any atom is 0.411 e. The lowest BCUT2D eigenvalue weighted by atomic mass is 10.1. The van der Waals surface area contributed by atoms with Gasteiger partial charge < -0.3 is 19.9 Å². The fraction of sp³-hybridized carbons (Fsp3) is 0.526. The maximum absolute atomic E-state index is 12.4. The van der Waals surface area contributed by atoms with Gasteiger partial charge >= 0.3 is 18.0 Å². The first kappa shape index (κ1) is 24.2. The van der Waals surface area contributed by atoms with Crippen LogP contribution in [0.3, 0.4) is 0 Å². The first-order valence-corrected chi connectivity index (χ1v) is 8.59. The van der Waals surface area contributed by atoms with E-state index in [2.05, 4.69) is 9.47 Å². The van der Waals surface area contributed by atoms with Crippen molar-refractivity contribution in [1.29, 1.82) is 0 Å². The van der Waals surface area contributed by atoms with Gasteiger partial charge in [-0.05, 0) is 44.5 Å². The molecule has 0 saturated carbocycles. The van der Waals surface area contributed by atoms with Gasteiger partial charge in [0.2, 0.25) is 0 Å². The average Bonchev–Trinajstić information content (AvgIpc) is 2.62. The molecule has 1 aromatic rings. The third-order valence-electron chi connectivity index (χ3n) is 3.12. The van der Waals surface area contributed by atoms with Crippen molar-refractivity contribution in [3.05, 3.63) is 29.3 Å². The Balaban J connectivity index is 0.00000326. The summed E-state index contributed by atoms with van der Waals surface area (Å²) < 4.78 is 14.6. The van der Waals surface area contributed by atoms with Gasteiger partial charge in [0.15, 0.2) is 0 Å². The summed E-state index contributed by atoms with van der Waals surface area (Å²) in [4.78, 5) is 36.8. The van der Waals surface area contributed by atoms with E-state index >= 15 is 0 Å². The van der Waals surface area contributed by atoms with Crippen LogP contribution in [0.15, 0.2) is 18.2 Å². The molecule has 0 aliphatic heterocycles. The smallest absolute Gasteiger partial charge is 0.411 e. The van der Waals surface area contributed by atoms with Crippen molar-refractivity contribution in [1.82, 2.24) is 4.90 Å². The number of hydrogen-bond acceptors (Lipinski definition) is 7. The minimum absolute atomic E-state index is 0.0271. The van der Waals surface area contributed by atoms with Crippen molar-refractivity contribution in [2.45, 2.75) is 46.8 Å². The molecule has 2 N–H and O–H groups in total. The van der Waals surface area contributed by atoms with Crippen LogP contribution in [0, 0.1) is 0 Å². The number of rotatable bonds is 5. The monoisotopic (exact) mass is 382 g/mol. The highest BCUT2D eigenvalue weighted by Crippen LogP contribution is 2.19. The molecule has 0 spiro atoms. The first-order valence-electron chi connectivity index (χ1n) is 8.59. The predicted molar refractivity (Wildman–Crippen MR) is 102 cm³/mol. The number of anilines is 1. The highest BCUT2D eigenvalue weighted by molar-refractivity contribution is 5.90. The lowest BCUT2D eigenvalue weighted by Gasteiger charge is -2.27. The van der Waals surface area contributed by atoms with Gasteiger partial charge in [-0.15, -0.1) is 0 Å². The summed E-state index contributed by atoms with van der Waals surface area (Å²) in [5.41, 5.74) is 6.33. The molecule has 0 heterocycles. The minimum atomic E-state index is -0.731. The number of nitrogens with two attached hydrogens (primary N) is 1. The van der Waals surface area contributed by atoms with Gasteiger partial charge in [-0.2, -0.15) is 0 Å². The molecule has 0 unspecified atom stereocenters. The minimum Gasteiger partial charge on any atom is -0.468 e. The Labute approximate surface area is 160 Å². The van der Waals surface area contributed by atoms with E-state index < -0.39 is 23.6 Å². The second kappa shape index (κ2) is 11.1. The number of methoxy groups -OCH3 is 2. The van der Waals surface area contributed by atoms with Crippen LogP contribution in [-0.4, -0.2) is 49.3 Å². The van der Waals surface area contributed by atoms with Crippen molar-refractivity contribution in [3.8, 4) is 0 Å². The molecule has 0 aliphatic carbocycles. The van der Waals surface area contributed by atoms with Crippen molar-refractivity contribution < 1.29 is 28.6 Å². The largest absolute Gasteiger partial charge is 0.468 e. The number of nitrogens with zero attached hydrogens (tertiary/aromatic N) is 1. The summed E-state index contributed by atoms with van der Waals surface area (Å²) >= 11 is 0. The molecule has 152 valence electrons. The molecule has 0 saturated heterocycles. The van der Waals surface area contributed by atoms with Gasteiger partial charge in [0.05, 0.1) is 26.3 Å². The standard InChI is InChI=1S/C17H24N2O6.C2H6/c1-17(2,3)25-16(22)19(10-14(20)23-4)9-12-8-11(15(21)24-5)6-7-13(12)18;1-2/h6-8H,9-10,18H2,1-5H3;1-2H3. The first-order chi connectivity index (χ1) is 12.6. The van der Waals surface area contributed by atoms with Crippen LogP contribution < -0.4 is 5.73 Å². The number of ether oxygens (including phenoxy) is 3. The average molecular weight is 382 g/mol. The van der Waals surface area contributed by atoms with Gasteiger partial charge in [0.1, 0.15) is 12.1 Å².